The lowest BCUT2D eigenvalue weighted by molar-refractivity contribution is 0.320. The maximum atomic E-state index is 11.9. The summed E-state index contributed by atoms with van der Waals surface area (Å²) in [4.78, 5) is 30.1. The number of rotatable bonds is 2. The van der Waals surface area contributed by atoms with Gasteiger partial charge in [0.05, 0.1) is 17.3 Å². The van der Waals surface area contributed by atoms with Gasteiger partial charge in [-0.1, -0.05) is 13.8 Å². The Labute approximate surface area is 128 Å². The van der Waals surface area contributed by atoms with E-state index in [9.17, 15) is 9.59 Å². The summed E-state index contributed by atoms with van der Waals surface area (Å²) in [5, 5.41) is 4.25. The fourth-order valence-corrected chi connectivity index (χ4v) is 2.97. The van der Waals surface area contributed by atoms with Gasteiger partial charge in [-0.3, -0.25) is 9.78 Å². The Balaban J connectivity index is 1.94. The van der Waals surface area contributed by atoms with Gasteiger partial charge in [0.25, 0.3) is 5.56 Å². The van der Waals surface area contributed by atoms with Gasteiger partial charge in [0.1, 0.15) is 0 Å². The fourth-order valence-electron chi connectivity index (χ4n) is 2.97. The smallest absolute Gasteiger partial charge is 0.325 e. The molecule has 3 rings (SSSR count). The largest absolute Gasteiger partial charge is 0.372 e. The van der Waals surface area contributed by atoms with Crippen molar-refractivity contribution in [2.75, 3.05) is 13.1 Å². The third-order valence-electron chi connectivity index (χ3n) is 4.24. The topological polar surface area (TPSA) is 93.3 Å². The Kier molecular flexibility index (Phi) is 3.42. The van der Waals surface area contributed by atoms with Crippen LogP contribution in [0.15, 0.2) is 32.7 Å². The van der Waals surface area contributed by atoms with Crippen molar-refractivity contribution in [2.24, 2.45) is 10.5 Å². The van der Waals surface area contributed by atoms with Crippen molar-refractivity contribution in [2.45, 2.75) is 33.2 Å². The van der Waals surface area contributed by atoms with Crippen molar-refractivity contribution in [3.05, 3.63) is 44.4 Å². The molecule has 3 N–H and O–H groups in total. The van der Waals surface area contributed by atoms with E-state index < -0.39 is 11.2 Å². The monoisotopic (exact) mass is 303 g/mol. The molecule has 2 aliphatic rings. The first-order valence-corrected chi connectivity index (χ1v) is 7.48. The number of H-pyrrole nitrogens is 2. The van der Waals surface area contributed by atoms with Gasteiger partial charge < -0.3 is 15.3 Å². The minimum Gasteiger partial charge on any atom is -0.372 e. The lowest BCUT2D eigenvalue weighted by Gasteiger charge is -2.30. The zero-order chi connectivity index (χ0) is 15.9. The van der Waals surface area contributed by atoms with Crippen molar-refractivity contribution in [1.29, 1.82) is 0 Å². The minimum atomic E-state index is -0.517. The van der Waals surface area contributed by atoms with E-state index in [4.69, 9.17) is 0 Å². The van der Waals surface area contributed by atoms with Crippen LogP contribution in [0.3, 0.4) is 0 Å². The number of hydrogen-bond acceptors (Lipinski definition) is 5. The average Bonchev–Trinajstić information content (AvgIpc) is 2.80. The second-order valence-electron chi connectivity index (χ2n) is 6.74. The normalized spacial score (nSPS) is 23.8. The molecule has 0 aliphatic carbocycles. The Bertz CT molecular complexity index is 756. The van der Waals surface area contributed by atoms with Gasteiger partial charge in [-0.15, -0.1) is 0 Å². The van der Waals surface area contributed by atoms with E-state index in [0.717, 1.165) is 25.2 Å². The molecule has 1 aromatic rings. The molecule has 7 heteroatoms. The lowest BCUT2D eigenvalue weighted by Crippen LogP contribution is -2.39. The first-order chi connectivity index (χ1) is 10.4. The van der Waals surface area contributed by atoms with E-state index in [0.29, 0.717) is 16.7 Å². The predicted octanol–water partition coefficient (Wildman–Crippen LogP) is 0.375. The first kappa shape index (κ1) is 14.6. The molecule has 118 valence electrons. The van der Waals surface area contributed by atoms with E-state index in [1.807, 2.05) is 6.08 Å². The molecule has 0 amide bonds. The van der Waals surface area contributed by atoms with Gasteiger partial charge in [0.15, 0.2) is 0 Å². The number of hydrazone groups is 1. The number of likely N-dealkylation sites (tertiary alicyclic amines) is 1. The van der Waals surface area contributed by atoms with E-state index >= 15 is 0 Å². The summed E-state index contributed by atoms with van der Waals surface area (Å²) < 4.78 is 0. The van der Waals surface area contributed by atoms with Crippen LogP contribution in [0.2, 0.25) is 0 Å². The number of aromatic amines is 2. The molecule has 0 aromatic carbocycles. The highest BCUT2D eigenvalue weighted by molar-refractivity contribution is 6.08. The zero-order valence-corrected chi connectivity index (χ0v) is 13.1. The molecule has 1 atom stereocenters. The van der Waals surface area contributed by atoms with Crippen molar-refractivity contribution >= 4 is 5.71 Å². The Morgan fingerprint density at radius 2 is 2.14 bits per heavy atom. The summed E-state index contributed by atoms with van der Waals surface area (Å²) in [6.45, 7) is 8.56. The van der Waals surface area contributed by atoms with E-state index in [1.165, 1.54) is 6.20 Å². The van der Waals surface area contributed by atoms with E-state index in [1.54, 1.807) is 0 Å². The number of aromatic nitrogens is 2. The second kappa shape index (κ2) is 5.15. The van der Waals surface area contributed by atoms with Crippen LogP contribution in [0.4, 0.5) is 0 Å². The van der Waals surface area contributed by atoms with Gasteiger partial charge in [0.2, 0.25) is 0 Å². The lowest BCUT2D eigenvalue weighted by atomic mass is 9.93. The quantitative estimate of drug-likeness (QED) is 0.736. The number of nitrogens with zero attached hydrogens (tertiary/aromatic N) is 2. The molecule has 0 bridgehead atoms. The molecular weight excluding hydrogens is 282 g/mol. The molecule has 7 nitrogen and oxygen atoms in total. The number of hydrogen-bond donors (Lipinski definition) is 3. The minimum absolute atomic E-state index is 0.0968. The first-order valence-electron chi connectivity index (χ1n) is 7.48. The molecule has 1 unspecified atom stereocenters. The summed E-state index contributed by atoms with van der Waals surface area (Å²) in [5.74, 6) is 0. The standard InChI is InChI=1S/C15H21N5O2/c1-9-12(20-5-4-15(2,3)8-20)6-11(19-18-9)10-7-16-14(22)17-13(10)21/h6-7,9,18H,4-5,8H2,1-3H3,(H2,16,17,21,22). The van der Waals surface area contributed by atoms with Crippen LogP contribution in [0.25, 0.3) is 0 Å². The maximum Gasteiger partial charge on any atom is 0.325 e. The van der Waals surface area contributed by atoms with E-state index in [-0.39, 0.29) is 6.04 Å². The highest BCUT2D eigenvalue weighted by Gasteiger charge is 2.33. The maximum absolute atomic E-state index is 11.9. The van der Waals surface area contributed by atoms with Crippen molar-refractivity contribution in [3.8, 4) is 0 Å². The Hall–Kier alpha value is -2.31. The molecule has 22 heavy (non-hydrogen) atoms. The molecule has 0 spiro atoms. The van der Waals surface area contributed by atoms with Gasteiger partial charge in [-0.05, 0) is 24.8 Å². The van der Waals surface area contributed by atoms with Crippen LogP contribution >= 0.6 is 0 Å². The SMILES string of the molecule is CC1NN=C(c2c[nH]c(=O)[nH]c2=O)C=C1N1CCC(C)(C)C1. The zero-order valence-electron chi connectivity index (χ0n) is 13.1. The summed E-state index contributed by atoms with van der Waals surface area (Å²) >= 11 is 0. The average molecular weight is 303 g/mol. The van der Waals surface area contributed by atoms with Crippen LogP contribution in [0, 0.1) is 5.41 Å². The molecule has 1 fully saturated rings. The predicted molar refractivity (Wildman–Crippen MR) is 84.9 cm³/mol. The summed E-state index contributed by atoms with van der Waals surface area (Å²) in [6.07, 6.45) is 4.48. The van der Waals surface area contributed by atoms with Crippen molar-refractivity contribution in [1.82, 2.24) is 20.3 Å². The molecule has 0 saturated carbocycles. The van der Waals surface area contributed by atoms with Crippen LogP contribution < -0.4 is 16.7 Å². The van der Waals surface area contributed by atoms with Crippen LogP contribution in [0.1, 0.15) is 32.8 Å². The highest BCUT2D eigenvalue weighted by Crippen LogP contribution is 2.32. The molecule has 2 aliphatic heterocycles. The highest BCUT2D eigenvalue weighted by atomic mass is 16.2. The number of allylic oxidation sites excluding steroid dienone is 1. The summed E-state index contributed by atoms with van der Waals surface area (Å²) in [5.41, 5.74) is 4.43. The molecule has 1 aromatic heterocycles. The van der Waals surface area contributed by atoms with Gasteiger partial charge in [-0.25, -0.2) is 4.79 Å². The number of nitrogens with one attached hydrogen (secondary N) is 3. The van der Waals surface area contributed by atoms with Crippen LogP contribution in [-0.2, 0) is 0 Å². The molecular formula is C15H21N5O2. The molecule has 1 saturated heterocycles. The Morgan fingerprint density at radius 1 is 1.36 bits per heavy atom. The third kappa shape index (κ3) is 2.70. The third-order valence-corrected chi connectivity index (χ3v) is 4.24. The van der Waals surface area contributed by atoms with Crippen molar-refractivity contribution in [3.63, 3.8) is 0 Å². The Morgan fingerprint density at radius 3 is 2.77 bits per heavy atom. The molecule has 0 radical (unpaired) electrons. The van der Waals surface area contributed by atoms with Crippen LogP contribution in [0.5, 0.6) is 0 Å². The van der Waals surface area contributed by atoms with Crippen LogP contribution in [-0.4, -0.2) is 39.7 Å². The van der Waals surface area contributed by atoms with Gasteiger partial charge in [-0.2, -0.15) is 5.10 Å². The fraction of sp³-hybridized carbons (Fsp3) is 0.533. The molecule has 3 heterocycles. The van der Waals surface area contributed by atoms with Gasteiger partial charge >= 0.3 is 5.69 Å². The summed E-state index contributed by atoms with van der Waals surface area (Å²) in [6, 6.07) is 0.0968. The summed E-state index contributed by atoms with van der Waals surface area (Å²) in [7, 11) is 0. The van der Waals surface area contributed by atoms with E-state index in [2.05, 4.69) is 46.2 Å². The van der Waals surface area contributed by atoms with Crippen molar-refractivity contribution < 1.29 is 0 Å². The second-order valence-corrected chi connectivity index (χ2v) is 6.74. The van der Waals surface area contributed by atoms with Gasteiger partial charge in [0, 0.05) is 25.0 Å².